The number of rotatable bonds is 4. The largest absolute Gasteiger partial charge is 0.369 e. The lowest BCUT2D eigenvalue weighted by atomic mass is 9.96. The number of hydrogen-bond acceptors (Lipinski definition) is 2. The summed E-state index contributed by atoms with van der Waals surface area (Å²) in [6.07, 6.45) is 2.16. The van der Waals surface area contributed by atoms with Crippen LogP contribution >= 0.6 is 0 Å². The van der Waals surface area contributed by atoms with Crippen LogP contribution in [0.4, 0.5) is 4.79 Å². The molecule has 0 atom stereocenters. The van der Waals surface area contributed by atoms with E-state index < -0.39 is 0 Å². The van der Waals surface area contributed by atoms with Crippen molar-refractivity contribution in [2.75, 3.05) is 19.6 Å². The summed E-state index contributed by atoms with van der Waals surface area (Å²) in [5.41, 5.74) is 7.74. The molecule has 1 heterocycles. The summed E-state index contributed by atoms with van der Waals surface area (Å²) >= 11 is 0. The van der Waals surface area contributed by atoms with Gasteiger partial charge < -0.3 is 16.0 Å². The molecule has 1 aliphatic heterocycles. The Hall–Kier alpha value is -2.04. The second-order valence-electron chi connectivity index (χ2n) is 5.63. The molecule has 2 rings (SSSR count). The quantitative estimate of drug-likeness (QED) is 0.880. The third-order valence-corrected chi connectivity index (χ3v) is 4.00. The number of carbonyl (C=O) groups excluding carboxylic acids is 2. The van der Waals surface area contributed by atoms with Gasteiger partial charge in [0.1, 0.15) is 0 Å². The van der Waals surface area contributed by atoms with Gasteiger partial charge in [-0.05, 0) is 31.7 Å². The zero-order valence-corrected chi connectivity index (χ0v) is 12.5. The second kappa shape index (κ2) is 7.11. The molecule has 114 valence electrons. The molecule has 1 aromatic rings. The lowest BCUT2D eigenvalue weighted by molar-refractivity contribution is -0.123. The van der Waals surface area contributed by atoms with Gasteiger partial charge in [-0.15, -0.1) is 0 Å². The summed E-state index contributed by atoms with van der Waals surface area (Å²) in [4.78, 5) is 24.9. The van der Waals surface area contributed by atoms with Gasteiger partial charge in [0.25, 0.3) is 0 Å². The summed E-state index contributed by atoms with van der Waals surface area (Å²) < 4.78 is 0. The molecule has 0 aromatic heterocycles. The Labute approximate surface area is 125 Å². The maximum absolute atomic E-state index is 12.0. The number of benzene rings is 1. The fourth-order valence-corrected chi connectivity index (χ4v) is 2.55. The molecule has 0 unspecified atom stereocenters. The SMILES string of the molecule is Cc1ccc(CCNC(=O)N2CCC(C(N)=O)CC2)cc1. The number of hydrogen-bond donors (Lipinski definition) is 2. The van der Waals surface area contributed by atoms with Crippen LogP contribution in [-0.2, 0) is 11.2 Å². The lowest BCUT2D eigenvalue weighted by Gasteiger charge is -2.30. The molecule has 0 saturated carbocycles. The molecule has 0 aliphatic carbocycles. The number of urea groups is 1. The first-order valence-corrected chi connectivity index (χ1v) is 7.44. The molecule has 5 nitrogen and oxygen atoms in total. The summed E-state index contributed by atoms with van der Waals surface area (Å²) in [5.74, 6) is -0.337. The molecule has 1 aliphatic rings. The molecule has 0 bridgehead atoms. The smallest absolute Gasteiger partial charge is 0.317 e. The normalized spacial score (nSPS) is 15.8. The van der Waals surface area contributed by atoms with Crippen LogP contribution in [0.1, 0.15) is 24.0 Å². The van der Waals surface area contributed by atoms with E-state index in [4.69, 9.17) is 5.73 Å². The summed E-state index contributed by atoms with van der Waals surface area (Å²) in [6, 6.07) is 8.27. The minimum absolute atomic E-state index is 0.0509. The van der Waals surface area contributed by atoms with E-state index >= 15 is 0 Å². The van der Waals surface area contributed by atoms with E-state index in [2.05, 4.69) is 36.5 Å². The third kappa shape index (κ3) is 4.48. The van der Waals surface area contributed by atoms with Crippen molar-refractivity contribution in [1.82, 2.24) is 10.2 Å². The zero-order valence-electron chi connectivity index (χ0n) is 12.5. The number of piperidine rings is 1. The van der Waals surface area contributed by atoms with Gasteiger partial charge in [0, 0.05) is 25.6 Å². The highest BCUT2D eigenvalue weighted by atomic mass is 16.2. The molecule has 3 amide bonds. The van der Waals surface area contributed by atoms with Crippen LogP contribution in [0, 0.1) is 12.8 Å². The molecule has 0 radical (unpaired) electrons. The molecular weight excluding hydrogens is 266 g/mol. The molecule has 3 N–H and O–H groups in total. The molecule has 21 heavy (non-hydrogen) atoms. The van der Waals surface area contributed by atoms with Gasteiger partial charge in [-0.2, -0.15) is 0 Å². The van der Waals surface area contributed by atoms with Gasteiger partial charge in [0.05, 0.1) is 0 Å². The fourth-order valence-electron chi connectivity index (χ4n) is 2.55. The maximum Gasteiger partial charge on any atom is 0.317 e. The van der Waals surface area contributed by atoms with E-state index in [1.165, 1.54) is 11.1 Å². The van der Waals surface area contributed by atoms with Crippen molar-refractivity contribution in [2.24, 2.45) is 11.7 Å². The average Bonchev–Trinajstić information content (AvgIpc) is 2.49. The van der Waals surface area contributed by atoms with Gasteiger partial charge in [-0.1, -0.05) is 29.8 Å². The van der Waals surface area contributed by atoms with E-state index in [0.29, 0.717) is 32.5 Å². The Morgan fingerprint density at radius 1 is 1.24 bits per heavy atom. The Balaban J connectivity index is 1.70. The molecular formula is C16H23N3O2. The average molecular weight is 289 g/mol. The van der Waals surface area contributed by atoms with Gasteiger partial charge in [0.15, 0.2) is 0 Å². The number of likely N-dealkylation sites (tertiary alicyclic amines) is 1. The van der Waals surface area contributed by atoms with Crippen LogP contribution in [0.2, 0.25) is 0 Å². The number of amides is 3. The van der Waals surface area contributed by atoms with Crippen LogP contribution in [0.15, 0.2) is 24.3 Å². The van der Waals surface area contributed by atoms with Gasteiger partial charge >= 0.3 is 6.03 Å². The zero-order chi connectivity index (χ0) is 15.2. The van der Waals surface area contributed by atoms with E-state index in [-0.39, 0.29) is 17.9 Å². The molecule has 0 spiro atoms. The van der Waals surface area contributed by atoms with Gasteiger partial charge in [0.2, 0.25) is 5.91 Å². The highest BCUT2D eigenvalue weighted by Crippen LogP contribution is 2.16. The van der Waals surface area contributed by atoms with Crippen LogP contribution in [0.3, 0.4) is 0 Å². The summed E-state index contributed by atoms with van der Waals surface area (Å²) in [7, 11) is 0. The van der Waals surface area contributed by atoms with E-state index in [1.807, 2.05) is 0 Å². The highest BCUT2D eigenvalue weighted by Gasteiger charge is 2.25. The third-order valence-electron chi connectivity index (χ3n) is 4.00. The van der Waals surface area contributed by atoms with Crippen molar-refractivity contribution in [3.05, 3.63) is 35.4 Å². The van der Waals surface area contributed by atoms with Crippen molar-refractivity contribution in [1.29, 1.82) is 0 Å². The van der Waals surface area contributed by atoms with Crippen LogP contribution in [0.25, 0.3) is 0 Å². The molecule has 1 saturated heterocycles. The first kappa shape index (κ1) is 15.4. The Bertz CT molecular complexity index is 491. The molecule has 1 fully saturated rings. The lowest BCUT2D eigenvalue weighted by Crippen LogP contribution is -2.46. The van der Waals surface area contributed by atoms with E-state index in [0.717, 1.165) is 6.42 Å². The van der Waals surface area contributed by atoms with Crippen molar-refractivity contribution in [2.45, 2.75) is 26.2 Å². The molecule has 1 aromatic carbocycles. The standard InChI is InChI=1S/C16H23N3O2/c1-12-2-4-13(5-3-12)6-9-18-16(21)19-10-7-14(8-11-19)15(17)20/h2-5,14H,6-11H2,1H3,(H2,17,20)(H,18,21). The van der Waals surface area contributed by atoms with E-state index in [9.17, 15) is 9.59 Å². The summed E-state index contributed by atoms with van der Waals surface area (Å²) in [6.45, 7) is 3.88. The summed E-state index contributed by atoms with van der Waals surface area (Å²) in [5, 5.41) is 2.93. The van der Waals surface area contributed by atoms with Crippen molar-refractivity contribution in [3.63, 3.8) is 0 Å². The topological polar surface area (TPSA) is 75.4 Å². The number of carbonyl (C=O) groups is 2. The van der Waals surface area contributed by atoms with Gasteiger partial charge in [-0.3, -0.25) is 4.79 Å². The monoisotopic (exact) mass is 289 g/mol. The minimum atomic E-state index is -0.255. The predicted molar refractivity (Wildman–Crippen MR) is 81.8 cm³/mol. The Kier molecular flexibility index (Phi) is 5.20. The second-order valence-corrected chi connectivity index (χ2v) is 5.63. The fraction of sp³-hybridized carbons (Fsp3) is 0.500. The van der Waals surface area contributed by atoms with E-state index in [1.54, 1.807) is 4.90 Å². The van der Waals surface area contributed by atoms with Gasteiger partial charge in [-0.25, -0.2) is 4.79 Å². The number of nitrogens with zero attached hydrogens (tertiary/aromatic N) is 1. The number of nitrogens with two attached hydrogens (primary N) is 1. The van der Waals surface area contributed by atoms with Crippen LogP contribution in [0.5, 0.6) is 0 Å². The Morgan fingerprint density at radius 2 is 1.86 bits per heavy atom. The van der Waals surface area contributed by atoms with Crippen molar-refractivity contribution >= 4 is 11.9 Å². The first-order valence-electron chi connectivity index (χ1n) is 7.44. The van der Waals surface area contributed by atoms with Crippen LogP contribution in [-0.4, -0.2) is 36.5 Å². The predicted octanol–water partition coefficient (Wildman–Crippen LogP) is 1.44. The highest BCUT2D eigenvalue weighted by molar-refractivity contribution is 5.78. The van der Waals surface area contributed by atoms with Crippen LogP contribution < -0.4 is 11.1 Å². The first-order chi connectivity index (χ1) is 10.1. The number of nitrogens with one attached hydrogen (secondary N) is 1. The Morgan fingerprint density at radius 3 is 2.43 bits per heavy atom. The molecule has 5 heteroatoms. The number of aryl methyl sites for hydroxylation is 1. The van der Waals surface area contributed by atoms with Crippen molar-refractivity contribution in [3.8, 4) is 0 Å². The maximum atomic E-state index is 12.0. The minimum Gasteiger partial charge on any atom is -0.369 e. The van der Waals surface area contributed by atoms with Crippen molar-refractivity contribution < 1.29 is 9.59 Å². The number of primary amides is 1.